The summed E-state index contributed by atoms with van der Waals surface area (Å²) in [5.41, 5.74) is -0.404. The Balaban J connectivity index is 1.88. The fourth-order valence-corrected chi connectivity index (χ4v) is 2.75. The summed E-state index contributed by atoms with van der Waals surface area (Å²) in [4.78, 5) is 36.7. The first kappa shape index (κ1) is 17.3. The molecule has 0 saturated heterocycles. The maximum absolute atomic E-state index is 12.2. The van der Waals surface area contributed by atoms with Gasteiger partial charge in [-0.2, -0.15) is 0 Å². The van der Waals surface area contributed by atoms with Gasteiger partial charge in [0.1, 0.15) is 0 Å². The number of likely N-dealkylation sites (N-methyl/N-ethyl adjacent to an activating group) is 1. The maximum atomic E-state index is 12.2. The van der Waals surface area contributed by atoms with E-state index in [0.717, 1.165) is 6.42 Å². The quantitative estimate of drug-likeness (QED) is 0.833. The lowest BCUT2D eigenvalue weighted by molar-refractivity contribution is -0.159. The fraction of sp³-hybridized carbons (Fsp3) is 0.438. The van der Waals surface area contributed by atoms with Crippen molar-refractivity contribution < 1.29 is 19.5 Å². The summed E-state index contributed by atoms with van der Waals surface area (Å²) in [5.74, 6) is -1.64. The van der Waals surface area contributed by atoms with E-state index in [2.05, 4.69) is 5.32 Å². The minimum absolute atomic E-state index is 0.0662. The highest BCUT2D eigenvalue weighted by molar-refractivity contribution is 6.30. The molecule has 0 spiro atoms. The van der Waals surface area contributed by atoms with Crippen LogP contribution in [0.15, 0.2) is 24.3 Å². The van der Waals surface area contributed by atoms with Crippen LogP contribution < -0.4 is 5.32 Å². The number of carboxylic acids is 1. The molecule has 0 aromatic heterocycles. The van der Waals surface area contributed by atoms with Gasteiger partial charge in [0.05, 0.1) is 12.0 Å². The number of nitrogens with zero attached hydrogens (tertiary/aromatic N) is 1. The van der Waals surface area contributed by atoms with Gasteiger partial charge in [-0.25, -0.2) is 0 Å². The highest BCUT2D eigenvalue weighted by atomic mass is 35.5. The van der Waals surface area contributed by atoms with E-state index in [-0.39, 0.29) is 24.8 Å². The number of carbonyl (C=O) groups is 3. The summed E-state index contributed by atoms with van der Waals surface area (Å²) in [6.45, 7) is -0.138. The molecule has 0 atom stereocenters. The molecule has 23 heavy (non-hydrogen) atoms. The number of rotatable bonds is 6. The van der Waals surface area contributed by atoms with E-state index in [1.807, 2.05) is 0 Å². The van der Waals surface area contributed by atoms with E-state index in [1.165, 1.54) is 11.9 Å². The molecular formula is C16H19ClN2O4. The molecule has 0 aliphatic heterocycles. The zero-order chi connectivity index (χ0) is 17.0. The van der Waals surface area contributed by atoms with Gasteiger partial charge in [-0.3, -0.25) is 14.4 Å². The van der Waals surface area contributed by atoms with E-state index in [9.17, 15) is 19.5 Å². The van der Waals surface area contributed by atoms with Crippen LogP contribution in [0.5, 0.6) is 0 Å². The van der Waals surface area contributed by atoms with Gasteiger partial charge in [-0.1, -0.05) is 24.1 Å². The maximum Gasteiger partial charge on any atom is 0.310 e. The summed E-state index contributed by atoms with van der Waals surface area (Å²) in [7, 11) is 1.49. The fourth-order valence-electron chi connectivity index (χ4n) is 2.56. The molecule has 1 aliphatic carbocycles. The third kappa shape index (κ3) is 4.22. The number of carbonyl (C=O) groups excluding carboxylic acids is 2. The predicted molar refractivity (Wildman–Crippen MR) is 86.3 cm³/mol. The zero-order valence-electron chi connectivity index (χ0n) is 12.8. The molecular weight excluding hydrogens is 320 g/mol. The average Bonchev–Trinajstić information content (AvgIpc) is 2.41. The minimum Gasteiger partial charge on any atom is -0.481 e. The Hall–Kier alpha value is -2.08. The average molecular weight is 339 g/mol. The summed E-state index contributed by atoms with van der Waals surface area (Å²) in [5, 5.41) is 12.4. The van der Waals surface area contributed by atoms with Crippen molar-refractivity contribution in [3.63, 3.8) is 0 Å². The molecule has 0 radical (unpaired) electrons. The van der Waals surface area contributed by atoms with Gasteiger partial charge in [0, 0.05) is 24.2 Å². The summed E-state index contributed by atoms with van der Waals surface area (Å²) in [6, 6.07) is 6.70. The van der Waals surface area contributed by atoms with Crippen molar-refractivity contribution in [1.29, 1.82) is 0 Å². The second-order valence-electron chi connectivity index (χ2n) is 5.92. The molecule has 124 valence electrons. The highest BCUT2D eigenvalue weighted by Gasteiger charge is 2.46. The van der Waals surface area contributed by atoms with Gasteiger partial charge < -0.3 is 15.3 Å². The second kappa shape index (κ2) is 7.00. The number of halogens is 1. The van der Waals surface area contributed by atoms with Crippen LogP contribution in [0, 0.1) is 5.41 Å². The molecule has 2 rings (SSSR count). The number of benzene rings is 1. The van der Waals surface area contributed by atoms with Crippen LogP contribution in [0.4, 0.5) is 5.69 Å². The van der Waals surface area contributed by atoms with E-state index in [0.29, 0.717) is 23.6 Å². The van der Waals surface area contributed by atoms with Crippen LogP contribution in [0.3, 0.4) is 0 Å². The van der Waals surface area contributed by atoms with Crippen molar-refractivity contribution in [3.05, 3.63) is 29.3 Å². The van der Waals surface area contributed by atoms with Crippen molar-refractivity contribution in [1.82, 2.24) is 4.90 Å². The summed E-state index contributed by atoms with van der Waals surface area (Å²) in [6.07, 6.45) is 1.77. The topological polar surface area (TPSA) is 86.7 Å². The molecule has 2 N–H and O–H groups in total. The van der Waals surface area contributed by atoms with Crippen molar-refractivity contribution in [3.8, 4) is 0 Å². The summed E-state index contributed by atoms with van der Waals surface area (Å²) >= 11 is 5.84. The SMILES string of the molecule is CN(CC(=O)Nc1cccc(Cl)c1)C(=O)CC1(C(=O)O)CCC1. The van der Waals surface area contributed by atoms with E-state index < -0.39 is 11.4 Å². The minimum atomic E-state index is -0.950. The normalized spacial score (nSPS) is 15.4. The number of hydrogen-bond donors (Lipinski definition) is 2. The Bertz CT molecular complexity index is 628. The second-order valence-corrected chi connectivity index (χ2v) is 6.36. The van der Waals surface area contributed by atoms with Gasteiger partial charge in [-0.15, -0.1) is 0 Å². The zero-order valence-corrected chi connectivity index (χ0v) is 13.6. The number of aliphatic carboxylic acids is 1. The number of nitrogens with one attached hydrogen (secondary N) is 1. The molecule has 0 unspecified atom stereocenters. The number of amides is 2. The molecule has 7 heteroatoms. The Kier molecular flexibility index (Phi) is 5.26. The van der Waals surface area contributed by atoms with Crippen LogP contribution >= 0.6 is 11.6 Å². The molecule has 0 heterocycles. The van der Waals surface area contributed by atoms with Crippen LogP contribution in [-0.4, -0.2) is 41.4 Å². The standard InChI is InChI=1S/C16H19ClN2O4/c1-19(14(21)9-16(15(22)23)6-3-7-16)10-13(20)18-12-5-2-4-11(17)8-12/h2,4-5,8H,3,6-7,9-10H2,1H3,(H,18,20)(H,22,23). The van der Waals surface area contributed by atoms with Crippen LogP contribution in [0.1, 0.15) is 25.7 Å². The summed E-state index contributed by atoms with van der Waals surface area (Å²) < 4.78 is 0. The van der Waals surface area contributed by atoms with E-state index in [1.54, 1.807) is 24.3 Å². The molecule has 1 aromatic rings. The lowest BCUT2D eigenvalue weighted by Crippen LogP contribution is -2.44. The van der Waals surface area contributed by atoms with Gasteiger partial charge in [-0.05, 0) is 31.0 Å². The van der Waals surface area contributed by atoms with Crippen molar-refractivity contribution in [2.45, 2.75) is 25.7 Å². The molecule has 1 aliphatic rings. The van der Waals surface area contributed by atoms with Gasteiger partial charge >= 0.3 is 5.97 Å². The smallest absolute Gasteiger partial charge is 0.310 e. The highest BCUT2D eigenvalue weighted by Crippen LogP contribution is 2.44. The van der Waals surface area contributed by atoms with Gasteiger partial charge in [0.15, 0.2) is 0 Å². The van der Waals surface area contributed by atoms with Crippen molar-refractivity contribution >= 4 is 35.1 Å². The third-order valence-electron chi connectivity index (χ3n) is 4.17. The third-order valence-corrected chi connectivity index (χ3v) is 4.40. The van der Waals surface area contributed by atoms with Crippen LogP contribution in [0.25, 0.3) is 0 Å². The molecule has 1 aromatic carbocycles. The van der Waals surface area contributed by atoms with E-state index in [4.69, 9.17) is 11.6 Å². The van der Waals surface area contributed by atoms with Crippen LogP contribution in [-0.2, 0) is 14.4 Å². The first-order chi connectivity index (χ1) is 10.8. The number of carboxylic acid groups (broad SMARTS) is 1. The first-order valence-electron chi connectivity index (χ1n) is 7.35. The molecule has 2 amide bonds. The van der Waals surface area contributed by atoms with E-state index >= 15 is 0 Å². The van der Waals surface area contributed by atoms with Gasteiger partial charge in [0.2, 0.25) is 11.8 Å². The lowest BCUT2D eigenvalue weighted by Gasteiger charge is -2.37. The van der Waals surface area contributed by atoms with Crippen LogP contribution in [0.2, 0.25) is 5.02 Å². The first-order valence-corrected chi connectivity index (χ1v) is 7.73. The van der Waals surface area contributed by atoms with Gasteiger partial charge in [0.25, 0.3) is 0 Å². The molecule has 6 nitrogen and oxygen atoms in total. The Morgan fingerprint density at radius 1 is 1.35 bits per heavy atom. The number of hydrogen-bond acceptors (Lipinski definition) is 3. The van der Waals surface area contributed by atoms with Crippen molar-refractivity contribution in [2.24, 2.45) is 5.41 Å². The molecule has 1 saturated carbocycles. The molecule has 1 fully saturated rings. The van der Waals surface area contributed by atoms with Crippen molar-refractivity contribution in [2.75, 3.05) is 18.9 Å². The predicted octanol–water partition coefficient (Wildman–Crippen LogP) is 2.38. The Morgan fingerprint density at radius 3 is 2.57 bits per heavy atom. The lowest BCUT2D eigenvalue weighted by atomic mass is 9.66. The largest absolute Gasteiger partial charge is 0.481 e. The Morgan fingerprint density at radius 2 is 2.04 bits per heavy atom. The number of anilines is 1. The monoisotopic (exact) mass is 338 g/mol. The molecule has 0 bridgehead atoms. The Labute approximate surface area is 139 Å².